The summed E-state index contributed by atoms with van der Waals surface area (Å²) in [5.74, 6) is 2.52. The number of carbonyl (C=O) groups excluding carboxylic acids is 1. The number of benzene rings is 1. The Hall–Kier alpha value is -2.10. The zero-order chi connectivity index (χ0) is 17.4. The van der Waals surface area contributed by atoms with Gasteiger partial charge in [-0.15, -0.1) is 0 Å². The van der Waals surface area contributed by atoms with Crippen LogP contribution in [-0.2, 0) is 11.3 Å². The monoisotopic (exact) mass is 337 g/mol. The molecule has 1 heterocycles. The lowest BCUT2D eigenvalue weighted by Gasteiger charge is -2.20. The van der Waals surface area contributed by atoms with E-state index in [1.54, 1.807) is 0 Å². The maximum Gasteiger partial charge on any atom is 0.220 e. The molecule has 25 heavy (non-hydrogen) atoms. The summed E-state index contributed by atoms with van der Waals surface area (Å²) >= 11 is 0. The van der Waals surface area contributed by atoms with Gasteiger partial charge < -0.3 is 5.32 Å². The zero-order valence-corrected chi connectivity index (χ0v) is 15.2. The minimum Gasteiger partial charge on any atom is -0.352 e. The number of hydrogen-bond donors (Lipinski definition) is 1. The maximum atomic E-state index is 12.4. The lowest BCUT2D eigenvalue weighted by molar-refractivity contribution is -0.122. The molecule has 4 heteroatoms. The number of nitrogens with zero attached hydrogens (tertiary/aromatic N) is 2. The van der Waals surface area contributed by atoms with E-state index in [9.17, 15) is 4.79 Å². The van der Waals surface area contributed by atoms with Crippen molar-refractivity contribution in [3.63, 3.8) is 0 Å². The number of aromatic nitrogens is 2. The maximum absolute atomic E-state index is 12.4. The number of para-hydroxylation sites is 1. The average Bonchev–Trinajstić information content (AvgIpc) is 3.29. The van der Waals surface area contributed by atoms with Crippen LogP contribution in [0.15, 0.2) is 30.3 Å². The summed E-state index contributed by atoms with van der Waals surface area (Å²) in [5.41, 5.74) is 4.28. The number of hydrogen-bond acceptors (Lipinski definition) is 2. The van der Waals surface area contributed by atoms with E-state index < -0.39 is 0 Å². The molecule has 132 valence electrons. The average molecular weight is 337 g/mol. The second-order valence-corrected chi connectivity index (χ2v) is 7.81. The lowest BCUT2D eigenvalue weighted by Crippen LogP contribution is -2.27. The first-order chi connectivity index (χ1) is 12.1. The molecule has 0 unspecified atom stereocenters. The SMILES string of the molecule is Cc1nn(-c2ccccc2)c(C)c1CNC(=O)C[C@H]1C[C@@H]2CC[C@@H]1C2. The highest BCUT2D eigenvalue weighted by molar-refractivity contribution is 5.76. The van der Waals surface area contributed by atoms with Gasteiger partial charge in [0.25, 0.3) is 0 Å². The van der Waals surface area contributed by atoms with Crippen LogP contribution in [-0.4, -0.2) is 15.7 Å². The van der Waals surface area contributed by atoms with Crippen LogP contribution in [0.25, 0.3) is 5.69 Å². The van der Waals surface area contributed by atoms with Gasteiger partial charge in [-0.1, -0.05) is 24.6 Å². The highest BCUT2D eigenvalue weighted by atomic mass is 16.1. The Morgan fingerprint density at radius 1 is 1.20 bits per heavy atom. The number of amides is 1. The van der Waals surface area contributed by atoms with Crippen molar-refractivity contribution >= 4 is 5.91 Å². The van der Waals surface area contributed by atoms with Crippen LogP contribution in [0.3, 0.4) is 0 Å². The first kappa shape index (κ1) is 16.4. The summed E-state index contributed by atoms with van der Waals surface area (Å²) in [6.07, 6.45) is 6.05. The fraction of sp³-hybridized carbons (Fsp3) is 0.524. The quantitative estimate of drug-likeness (QED) is 0.898. The molecule has 4 rings (SSSR count). The molecule has 2 bridgehead atoms. The summed E-state index contributed by atoms with van der Waals surface area (Å²) < 4.78 is 1.97. The molecule has 0 saturated heterocycles. The van der Waals surface area contributed by atoms with Gasteiger partial charge in [0.1, 0.15) is 0 Å². The van der Waals surface area contributed by atoms with Crippen molar-refractivity contribution in [1.82, 2.24) is 15.1 Å². The summed E-state index contributed by atoms with van der Waals surface area (Å²) in [7, 11) is 0. The minimum atomic E-state index is 0.198. The Kier molecular flexibility index (Phi) is 4.36. The Morgan fingerprint density at radius 2 is 2.00 bits per heavy atom. The molecule has 1 aromatic heterocycles. The fourth-order valence-corrected chi connectivity index (χ4v) is 4.88. The molecule has 3 atom stereocenters. The predicted molar refractivity (Wildman–Crippen MR) is 98.4 cm³/mol. The van der Waals surface area contributed by atoms with E-state index in [0.29, 0.717) is 18.9 Å². The van der Waals surface area contributed by atoms with Crippen LogP contribution in [0.4, 0.5) is 0 Å². The zero-order valence-electron chi connectivity index (χ0n) is 15.2. The molecule has 1 amide bonds. The van der Waals surface area contributed by atoms with E-state index in [1.807, 2.05) is 29.8 Å². The van der Waals surface area contributed by atoms with Crippen LogP contribution in [0, 0.1) is 31.6 Å². The predicted octanol–water partition coefficient (Wildman–Crippen LogP) is 3.93. The smallest absolute Gasteiger partial charge is 0.220 e. The van der Waals surface area contributed by atoms with Crippen LogP contribution in [0.5, 0.6) is 0 Å². The third-order valence-electron chi connectivity index (χ3n) is 6.24. The Balaban J connectivity index is 1.39. The molecule has 1 aromatic carbocycles. The molecule has 2 aromatic rings. The first-order valence-corrected chi connectivity index (χ1v) is 9.49. The van der Waals surface area contributed by atoms with Gasteiger partial charge in [-0.3, -0.25) is 4.79 Å². The van der Waals surface area contributed by atoms with Crippen molar-refractivity contribution in [3.8, 4) is 5.69 Å². The summed E-state index contributed by atoms with van der Waals surface area (Å²) in [5, 5.41) is 7.80. The van der Waals surface area contributed by atoms with E-state index in [0.717, 1.165) is 34.5 Å². The highest BCUT2D eigenvalue weighted by Crippen LogP contribution is 2.49. The molecule has 0 aliphatic heterocycles. The normalized spacial score (nSPS) is 24.6. The van der Waals surface area contributed by atoms with Crippen LogP contribution < -0.4 is 5.32 Å². The van der Waals surface area contributed by atoms with Gasteiger partial charge in [0.15, 0.2) is 0 Å². The largest absolute Gasteiger partial charge is 0.352 e. The lowest BCUT2D eigenvalue weighted by atomic mass is 9.86. The van der Waals surface area contributed by atoms with Crippen molar-refractivity contribution in [2.45, 2.75) is 52.5 Å². The molecule has 4 nitrogen and oxygen atoms in total. The van der Waals surface area contributed by atoms with Gasteiger partial charge in [0.05, 0.1) is 11.4 Å². The molecule has 2 aliphatic carbocycles. The van der Waals surface area contributed by atoms with E-state index in [1.165, 1.54) is 25.7 Å². The molecule has 2 fully saturated rings. The minimum absolute atomic E-state index is 0.198. The third-order valence-corrected chi connectivity index (χ3v) is 6.24. The topological polar surface area (TPSA) is 46.9 Å². The number of carbonyl (C=O) groups is 1. The van der Waals surface area contributed by atoms with Gasteiger partial charge >= 0.3 is 0 Å². The van der Waals surface area contributed by atoms with E-state index in [-0.39, 0.29) is 5.91 Å². The Morgan fingerprint density at radius 3 is 2.68 bits per heavy atom. The van der Waals surface area contributed by atoms with Gasteiger partial charge in [0.2, 0.25) is 5.91 Å². The summed E-state index contributed by atoms with van der Waals surface area (Å²) in [4.78, 5) is 12.4. The number of nitrogens with one attached hydrogen (secondary N) is 1. The fourth-order valence-electron chi connectivity index (χ4n) is 4.88. The molecule has 0 spiro atoms. The van der Waals surface area contributed by atoms with Crippen LogP contribution in [0.1, 0.15) is 49.1 Å². The number of aryl methyl sites for hydroxylation is 1. The number of fused-ring (bicyclic) bond motifs is 2. The van der Waals surface area contributed by atoms with Crippen molar-refractivity contribution in [1.29, 1.82) is 0 Å². The highest BCUT2D eigenvalue weighted by Gasteiger charge is 2.40. The van der Waals surface area contributed by atoms with Crippen LogP contribution in [0.2, 0.25) is 0 Å². The molecular formula is C21H27N3O. The first-order valence-electron chi connectivity index (χ1n) is 9.49. The van der Waals surface area contributed by atoms with E-state index >= 15 is 0 Å². The van der Waals surface area contributed by atoms with Gasteiger partial charge in [-0.25, -0.2) is 4.68 Å². The summed E-state index contributed by atoms with van der Waals surface area (Å²) in [6.45, 7) is 4.67. The molecule has 2 aliphatic rings. The van der Waals surface area contributed by atoms with Crippen molar-refractivity contribution < 1.29 is 4.79 Å². The third kappa shape index (κ3) is 3.22. The number of rotatable bonds is 5. The van der Waals surface area contributed by atoms with Crippen molar-refractivity contribution in [3.05, 3.63) is 47.3 Å². The van der Waals surface area contributed by atoms with E-state index in [2.05, 4.69) is 29.5 Å². The van der Waals surface area contributed by atoms with Gasteiger partial charge in [0, 0.05) is 24.2 Å². The van der Waals surface area contributed by atoms with Crippen molar-refractivity contribution in [2.75, 3.05) is 0 Å². The standard InChI is InChI=1S/C21H27N3O/c1-14-20(15(2)24(23-14)19-6-4-3-5-7-19)13-22-21(25)12-18-11-16-8-9-17(18)10-16/h3-7,16-18H,8-13H2,1-2H3,(H,22,25)/t16-,17-,18-/m1/s1. The molecule has 0 radical (unpaired) electrons. The second-order valence-electron chi connectivity index (χ2n) is 7.81. The van der Waals surface area contributed by atoms with Crippen molar-refractivity contribution in [2.24, 2.45) is 17.8 Å². The Labute approximate surface area is 149 Å². The second kappa shape index (κ2) is 6.66. The molecule has 2 saturated carbocycles. The van der Waals surface area contributed by atoms with Gasteiger partial charge in [-0.2, -0.15) is 5.10 Å². The Bertz CT molecular complexity index is 765. The summed E-state index contributed by atoms with van der Waals surface area (Å²) in [6, 6.07) is 10.1. The molecular weight excluding hydrogens is 310 g/mol. The van der Waals surface area contributed by atoms with Crippen LogP contribution >= 0.6 is 0 Å². The van der Waals surface area contributed by atoms with E-state index in [4.69, 9.17) is 0 Å². The van der Waals surface area contributed by atoms with Gasteiger partial charge in [-0.05, 0) is 63.0 Å². The molecule has 1 N–H and O–H groups in total.